The Morgan fingerprint density at radius 2 is 2.29 bits per heavy atom. The lowest BCUT2D eigenvalue weighted by atomic mass is 10.0. The maximum Gasteiger partial charge on any atom is 0.168 e. The van der Waals surface area contributed by atoms with Gasteiger partial charge < -0.3 is 5.32 Å². The lowest BCUT2D eigenvalue weighted by Gasteiger charge is -2.08. The second kappa shape index (κ2) is 4.86. The fraction of sp³-hybridized carbons (Fsp3) is 0.455. The Kier molecular flexibility index (Phi) is 3.77. The van der Waals surface area contributed by atoms with Gasteiger partial charge in [-0.2, -0.15) is 0 Å². The number of carbonyl (C=O) groups is 1. The lowest BCUT2D eigenvalue weighted by Crippen LogP contribution is -2.23. The highest BCUT2D eigenvalue weighted by Crippen LogP contribution is 2.07. The maximum absolute atomic E-state index is 11.8. The molecule has 0 amide bonds. The van der Waals surface area contributed by atoms with E-state index >= 15 is 0 Å². The van der Waals surface area contributed by atoms with Gasteiger partial charge in [-0.15, -0.1) is 0 Å². The first-order chi connectivity index (χ1) is 6.65. The van der Waals surface area contributed by atoms with Crippen molar-refractivity contribution in [3.8, 4) is 0 Å². The Balaban J connectivity index is 2.74. The Morgan fingerprint density at radius 3 is 2.79 bits per heavy atom. The number of hydrogen-bond acceptors (Lipinski definition) is 3. The van der Waals surface area contributed by atoms with Gasteiger partial charge in [0.1, 0.15) is 0 Å². The highest BCUT2D eigenvalue weighted by atomic mass is 16.1. The Morgan fingerprint density at radius 1 is 1.57 bits per heavy atom. The van der Waals surface area contributed by atoms with Gasteiger partial charge in [-0.3, -0.25) is 9.78 Å². The standard InChI is InChI=1S/C11H16N2O/c1-8(6-12-3)11(14)10-5-4-9(2)13-7-10/h4-5,7-8,12H,6H2,1-3H3. The van der Waals surface area contributed by atoms with Crippen LogP contribution in [-0.4, -0.2) is 24.4 Å². The van der Waals surface area contributed by atoms with E-state index in [2.05, 4.69) is 10.3 Å². The van der Waals surface area contributed by atoms with Crippen LogP contribution in [-0.2, 0) is 0 Å². The van der Waals surface area contributed by atoms with Crippen LogP contribution in [0.4, 0.5) is 0 Å². The molecule has 0 bridgehead atoms. The molecule has 1 unspecified atom stereocenters. The van der Waals surface area contributed by atoms with Crippen LogP contribution in [0.1, 0.15) is 23.0 Å². The molecule has 0 aliphatic rings. The van der Waals surface area contributed by atoms with Crippen molar-refractivity contribution in [2.24, 2.45) is 5.92 Å². The third-order valence-electron chi connectivity index (χ3n) is 2.15. The van der Waals surface area contributed by atoms with Crippen LogP contribution in [0, 0.1) is 12.8 Å². The zero-order valence-corrected chi connectivity index (χ0v) is 8.87. The SMILES string of the molecule is CNCC(C)C(=O)c1ccc(C)nc1. The number of nitrogens with zero attached hydrogens (tertiary/aromatic N) is 1. The highest BCUT2D eigenvalue weighted by molar-refractivity contribution is 5.97. The van der Waals surface area contributed by atoms with E-state index in [1.165, 1.54) is 0 Å². The number of nitrogens with one attached hydrogen (secondary N) is 1. The number of ketones is 1. The van der Waals surface area contributed by atoms with Crippen LogP contribution < -0.4 is 5.32 Å². The fourth-order valence-electron chi connectivity index (χ4n) is 1.30. The molecule has 3 nitrogen and oxygen atoms in total. The predicted molar refractivity (Wildman–Crippen MR) is 56.4 cm³/mol. The number of aromatic nitrogens is 1. The molecule has 3 heteroatoms. The monoisotopic (exact) mass is 192 g/mol. The summed E-state index contributed by atoms with van der Waals surface area (Å²) in [6.45, 7) is 4.52. The van der Waals surface area contributed by atoms with Gasteiger partial charge in [-0.05, 0) is 26.1 Å². The zero-order valence-electron chi connectivity index (χ0n) is 8.87. The molecule has 14 heavy (non-hydrogen) atoms. The van der Waals surface area contributed by atoms with Gasteiger partial charge in [0, 0.05) is 29.9 Å². The lowest BCUT2D eigenvalue weighted by molar-refractivity contribution is 0.0929. The number of hydrogen-bond donors (Lipinski definition) is 1. The maximum atomic E-state index is 11.8. The molecule has 1 N–H and O–H groups in total. The van der Waals surface area contributed by atoms with Crippen molar-refractivity contribution < 1.29 is 4.79 Å². The molecule has 1 heterocycles. The van der Waals surface area contributed by atoms with E-state index in [4.69, 9.17) is 0 Å². The minimum Gasteiger partial charge on any atom is -0.319 e. The van der Waals surface area contributed by atoms with Gasteiger partial charge in [0.15, 0.2) is 5.78 Å². The number of carbonyl (C=O) groups excluding carboxylic acids is 1. The number of Topliss-reactive ketones (excluding diaryl/α,β-unsaturated/α-hetero) is 1. The molecule has 1 atom stereocenters. The van der Waals surface area contributed by atoms with Crippen molar-refractivity contribution in [2.75, 3.05) is 13.6 Å². The van der Waals surface area contributed by atoms with Crippen molar-refractivity contribution in [2.45, 2.75) is 13.8 Å². The smallest absolute Gasteiger partial charge is 0.168 e. The van der Waals surface area contributed by atoms with Gasteiger partial charge in [0.05, 0.1) is 0 Å². The molecule has 0 fully saturated rings. The Bertz CT molecular complexity index is 306. The average molecular weight is 192 g/mol. The molecule has 0 aromatic carbocycles. The number of rotatable bonds is 4. The minimum atomic E-state index is 0.00417. The van der Waals surface area contributed by atoms with Crippen LogP contribution >= 0.6 is 0 Å². The first-order valence-electron chi connectivity index (χ1n) is 4.76. The molecule has 0 aliphatic carbocycles. The summed E-state index contributed by atoms with van der Waals surface area (Å²) in [5.41, 5.74) is 1.63. The average Bonchev–Trinajstić information content (AvgIpc) is 2.18. The first kappa shape index (κ1) is 10.9. The third-order valence-corrected chi connectivity index (χ3v) is 2.15. The molecule has 0 saturated heterocycles. The molecule has 0 spiro atoms. The van der Waals surface area contributed by atoms with E-state index in [1.807, 2.05) is 33.0 Å². The van der Waals surface area contributed by atoms with E-state index < -0.39 is 0 Å². The van der Waals surface area contributed by atoms with Gasteiger partial charge in [0.25, 0.3) is 0 Å². The van der Waals surface area contributed by atoms with Crippen molar-refractivity contribution in [1.82, 2.24) is 10.3 Å². The summed E-state index contributed by atoms with van der Waals surface area (Å²) >= 11 is 0. The van der Waals surface area contributed by atoms with E-state index in [9.17, 15) is 4.79 Å². The van der Waals surface area contributed by atoms with E-state index in [-0.39, 0.29) is 11.7 Å². The highest BCUT2D eigenvalue weighted by Gasteiger charge is 2.13. The predicted octanol–water partition coefficient (Wildman–Crippen LogP) is 1.43. The quantitative estimate of drug-likeness (QED) is 0.734. The molecule has 1 aromatic rings. The summed E-state index contributed by atoms with van der Waals surface area (Å²) in [5.74, 6) is 0.149. The topological polar surface area (TPSA) is 42.0 Å². The Hall–Kier alpha value is -1.22. The van der Waals surface area contributed by atoms with E-state index in [0.29, 0.717) is 12.1 Å². The van der Waals surface area contributed by atoms with Crippen LogP contribution in [0.15, 0.2) is 18.3 Å². The summed E-state index contributed by atoms with van der Waals surface area (Å²) in [6, 6.07) is 3.69. The number of aryl methyl sites for hydroxylation is 1. The van der Waals surface area contributed by atoms with Crippen LogP contribution in [0.3, 0.4) is 0 Å². The zero-order chi connectivity index (χ0) is 10.6. The first-order valence-corrected chi connectivity index (χ1v) is 4.76. The van der Waals surface area contributed by atoms with Crippen molar-refractivity contribution in [3.63, 3.8) is 0 Å². The Labute approximate surface area is 84.6 Å². The third kappa shape index (κ3) is 2.64. The van der Waals surface area contributed by atoms with Crippen LogP contribution in [0.5, 0.6) is 0 Å². The van der Waals surface area contributed by atoms with Crippen molar-refractivity contribution in [3.05, 3.63) is 29.6 Å². The molecular weight excluding hydrogens is 176 g/mol. The van der Waals surface area contributed by atoms with Gasteiger partial charge in [-0.1, -0.05) is 6.92 Å². The van der Waals surface area contributed by atoms with Crippen LogP contribution in [0.2, 0.25) is 0 Å². The summed E-state index contributed by atoms with van der Waals surface area (Å²) < 4.78 is 0. The van der Waals surface area contributed by atoms with Crippen LogP contribution in [0.25, 0.3) is 0 Å². The van der Waals surface area contributed by atoms with E-state index in [0.717, 1.165) is 5.69 Å². The fourth-order valence-corrected chi connectivity index (χ4v) is 1.30. The van der Waals surface area contributed by atoms with E-state index in [1.54, 1.807) is 6.20 Å². The minimum absolute atomic E-state index is 0.00417. The number of pyridine rings is 1. The van der Waals surface area contributed by atoms with Gasteiger partial charge in [0.2, 0.25) is 0 Å². The van der Waals surface area contributed by atoms with Gasteiger partial charge in [-0.25, -0.2) is 0 Å². The molecule has 0 aliphatic heterocycles. The molecule has 0 saturated carbocycles. The molecule has 1 aromatic heterocycles. The summed E-state index contributed by atoms with van der Waals surface area (Å²) in [5, 5.41) is 2.99. The summed E-state index contributed by atoms with van der Waals surface area (Å²) in [4.78, 5) is 15.9. The van der Waals surface area contributed by atoms with Gasteiger partial charge >= 0.3 is 0 Å². The second-order valence-electron chi connectivity index (χ2n) is 3.51. The summed E-state index contributed by atoms with van der Waals surface area (Å²) in [6.07, 6.45) is 1.64. The summed E-state index contributed by atoms with van der Waals surface area (Å²) in [7, 11) is 1.84. The normalized spacial score (nSPS) is 12.5. The molecule has 1 rings (SSSR count). The molecule has 0 radical (unpaired) electrons. The van der Waals surface area contributed by atoms with Crippen molar-refractivity contribution >= 4 is 5.78 Å². The second-order valence-corrected chi connectivity index (χ2v) is 3.51. The molecule has 76 valence electrons. The molecular formula is C11H16N2O. The largest absolute Gasteiger partial charge is 0.319 e. The van der Waals surface area contributed by atoms with Crippen molar-refractivity contribution in [1.29, 1.82) is 0 Å².